The van der Waals surface area contributed by atoms with E-state index in [4.69, 9.17) is 4.74 Å². The number of nitrogens with one attached hydrogen (secondary N) is 1. The number of fused-ring (bicyclic) bond motifs is 1. The molecule has 2 aliphatic carbocycles. The molecule has 0 saturated heterocycles. The molecule has 1 N–H and O–H groups in total. The molecule has 0 bridgehead atoms. The summed E-state index contributed by atoms with van der Waals surface area (Å²) in [5, 5.41) is 3.08. The van der Waals surface area contributed by atoms with Gasteiger partial charge < -0.3 is 15.0 Å². The number of methoxy groups -OCH3 is 1. The van der Waals surface area contributed by atoms with Crippen molar-refractivity contribution in [2.75, 3.05) is 7.11 Å². The van der Waals surface area contributed by atoms with E-state index >= 15 is 0 Å². The Morgan fingerprint density at radius 3 is 2.57 bits per heavy atom. The molecule has 0 heterocycles. The van der Waals surface area contributed by atoms with Gasteiger partial charge in [-0.1, -0.05) is 36.4 Å². The molecule has 1 fully saturated rings. The first-order valence-corrected chi connectivity index (χ1v) is 9.51. The molecule has 28 heavy (non-hydrogen) atoms. The van der Waals surface area contributed by atoms with Crippen LogP contribution in [0.5, 0.6) is 0 Å². The van der Waals surface area contributed by atoms with Gasteiger partial charge in [0.15, 0.2) is 0 Å². The molecule has 0 radical (unpaired) electrons. The summed E-state index contributed by atoms with van der Waals surface area (Å²) >= 11 is 0. The standard InChI is InChI=1S/C22H23FN2O3/c1-28-21-18-5-3-2-4-15(18)12-19(21)24-22(27)20(25(13-26)17-10-11-17)14-6-8-16(23)9-7-14/h2-9,13,17,19-21H,10-12H2,1H3,(H,24,27)/t19-,20-,21-/m0/s1. The van der Waals surface area contributed by atoms with Gasteiger partial charge in [-0.25, -0.2) is 4.39 Å². The van der Waals surface area contributed by atoms with Crippen LogP contribution in [0.3, 0.4) is 0 Å². The fourth-order valence-electron chi connectivity index (χ4n) is 4.07. The van der Waals surface area contributed by atoms with Gasteiger partial charge in [-0.2, -0.15) is 0 Å². The molecule has 2 aromatic carbocycles. The van der Waals surface area contributed by atoms with Gasteiger partial charge in [0.05, 0.1) is 6.04 Å². The van der Waals surface area contributed by atoms with Crippen LogP contribution in [0, 0.1) is 5.82 Å². The van der Waals surface area contributed by atoms with Crippen LogP contribution in [0.15, 0.2) is 48.5 Å². The zero-order valence-corrected chi connectivity index (χ0v) is 15.7. The molecule has 2 aliphatic rings. The van der Waals surface area contributed by atoms with Gasteiger partial charge in [0.25, 0.3) is 0 Å². The second-order valence-corrected chi connectivity index (χ2v) is 7.41. The Balaban J connectivity index is 1.59. The second kappa shape index (κ2) is 7.72. The molecule has 0 unspecified atom stereocenters. The third-order valence-electron chi connectivity index (χ3n) is 5.57. The van der Waals surface area contributed by atoms with E-state index in [-0.39, 0.29) is 29.9 Å². The lowest BCUT2D eigenvalue weighted by Crippen LogP contribution is -2.46. The number of carbonyl (C=O) groups excluding carboxylic acids is 2. The molecular formula is C22H23FN2O3. The monoisotopic (exact) mass is 382 g/mol. The number of halogens is 1. The first-order chi connectivity index (χ1) is 13.6. The number of rotatable bonds is 7. The van der Waals surface area contributed by atoms with Crippen molar-refractivity contribution in [3.05, 3.63) is 71.0 Å². The maximum absolute atomic E-state index is 13.4. The number of ether oxygens (including phenoxy) is 1. The van der Waals surface area contributed by atoms with Crippen molar-refractivity contribution in [2.24, 2.45) is 0 Å². The molecule has 4 rings (SSSR count). The van der Waals surface area contributed by atoms with E-state index in [9.17, 15) is 14.0 Å². The van der Waals surface area contributed by atoms with Gasteiger partial charge in [0.2, 0.25) is 12.3 Å². The van der Waals surface area contributed by atoms with Gasteiger partial charge in [-0.05, 0) is 48.1 Å². The van der Waals surface area contributed by atoms with E-state index in [1.807, 2.05) is 24.3 Å². The molecule has 0 aromatic heterocycles. The Morgan fingerprint density at radius 1 is 1.21 bits per heavy atom. The SMILES string of the molecule is CO[C@H]1c2ccccc2C[C@@H]1NC(=O)[C@H](c1ccc(F)cc1)N(C=O)C1CC1. The maximum atomic E-state index is 13.4. The first kappa shape index (κ1) is 18.6. The van der Waals surface area contributed by atoms with Gasteiger partial charge >= 0.3 is 0 Å². The summed E-state index contributed by atoms with van der Waals surface area (Å²) in [6, 6.07) is 12.8. The maximum Gasteiger partial charge on any atom is 0.247 e. The van der Waals surface area contributed by atoms with Crippen molar-refractivity contribution in [1.29, 1.82) is 0 Å². The minimum absolute atomic E-state index is 0.0531. The minimum atomic E-state index is -0.785. The van der Waals surface area contributed by atoms with Crippen molar-refractivity contribution in [3.63, 3.8) is 0 Å². The number of nitrogens with zero attached hydrogens (tertiary/aromatic N) is 1. The van der Waals surface area contributed by atoms with E-state index in [1.165, 1.54) is 12.1 Å². The van der Waals surface area contributed by atoms with E-state index in [1.54, 1.807) is 24.1 Å². The fraction of sp³-hybridized carbons (Fsp3) is 0.364. The summed E-state index contributed by atoms with van der Waals surface area (Å²) in [4.78, 5) is 26.6. The highest BCUT2D eigenvalue weighted by Crippen LogP contribution is 2.36. The zero-order chi connectivity index (χ0) is 19.7. The number of amides is 2. The number of hydrogen-bond donors (Lipinski definition) is 1. The molecule has 5 nitrogen and oxygen atoms in total. The van der Waals surface area contributed by atoms with E-state index < -0.39 is 6.04 Å². The second-order valence-electron chi connectivity index (χ2n) is 7.41. The summed E-state index contributed by atoms with van der Waals surface area (Å²) in [5.41, 5.74) is 2.82. The molecule has 6 heteroatoms. The third-order valence-corrected chi connectivity index (χ3v) is 5.57. The van der Waals surface area contributed by atoms with Crippen LogP contribution in [0.25, 0.3) is 0 Å². The van der Waals surface area contributed by atoms with Crippen LogP contribution in [0.1, 0.15) is 41.7 Å². The Hall–Kier alpha value is -2.73. The molecule has 1 saturated carbocycles. The fourth-order valence-corrected chi connectivity index (χ4v) is 4.07. The molecule has 146 valence electrons. The van der Waals surface area contributed by atoms with Crippen LogP contribution in [-0.2, 0) is 20.7 Å². The quantitative estimate of drug-likeness (QED) is 0.749. The van der Waals surface area contributed by atoms with E-state index in [0.717, 1.165) is 30.4 Å². The van der Waals surface area contributed by atoms with Gasteiger partial charge in [-0.15, -0.1) is 0 Å². The van der Waals surface area contributed by atoms with Crippen LogP contribution < -0.4 is 5.32 Å². The molecular weight excluding hydrogens is 359 g/mol. The predicted octanol–water partition coefficient (Wildman–Crippen LogP) is 2.92. The van der Waals surface area contributed by atoms with Crippen molar-refractivity contribution in [2.45, 2.75) is 43.5 Å². The summed E-state index contributed by atoms with van der Waals surface area (Å²) in [6.45, 7) is 0. The average molecular weight is 382 g/mol. The highest BCUT2D eigenvalue weighted by atomic mass is 19.1. The van der Waals surface area contributed by atoms with E-state index in [2.05, 4.69) is 5.32 Å². The molecule has 2 aromatic rings. The molecule has 2 amide bonds. The lowest BCUT2D eigenvalue weighted by molar-refractivity contribution is -0.135. The van der Waals surface area contributed by atoms with Gasteiger partial charge in [-0.3, -0.25) is 9.59 Å². The summed E-state index contributed by atoms with van der Waals surface area (Å²) < 4.78 is 19.0. The Morgan fingerprint density at radius 2 is 1.93 bits per heavy atom. The first-order valence-electron chi connectivity index (χ1n) is 9.51. The Bertz CT molecular complexity index is 866. The van der Waals surface area contributed by atoms with Crippen LogP contribution >= 0.6 is 0 Å². The summed E-state index contributed by atoms with van der Waals surface area (Å²) in [7, 11) is 1.63. The largest absolute Gasteiger partial charge is 0.375 e. The van der Waals surface area contributed by atoms with Gasteiger partial charge in [0.1, 0.15) is 18.0 Å². The van der Waals surface area contributed by atoms with Crippen molar-refractivity contribution in [3.8, 4) is 0 Å². The topological polar surface area (TPSA) is 58.6 Å². The zero-order valence-electron chi connectivity index (χ0n) is 15.7. The predicted molar refractivity (Wildman–Crippen MR) is 102 cm³/mol. The summed E-state index contributed by atoms with van der Waals surface area (Å²) in [6.07, 6.45) is 2.90. The Labute approximate surface area is 163 Å². The lowest BCUT2D eigenvalue weighted by Gasteiger charge is -2.30. The molecule has 0 aliphatic heterocycles. The van der Waals surface area contributed by atoms with E-state index in [0.29, 0.717) is 12.0 Å². The lowest BCUT2D eigenvalue weighted by atomic mass is 10.0. The Kier molecular flexibility index (Phi) is 5.13. The normalized spacial score (nSPS) is 21.6. The molecule has 0 spiro atoms. The van der Waals surface area contributed by atoms with Crippen molar-refractivity contribution in [1.82, 2.24) is 10.2 Å². The van der Waals surface area contributed by atoms with Crippen molar-refractivity contribution >= 4 is 12.3 Å². The average Bonchev–Trinajstić information content (AvgIpc) is 3.48. The van der Waals surface area contributed by atoms with Gasteiger partial charge in [0, 0.05) is 13.2 Å². The number of benzene rings is 2. The molecule has 3 atom stereocenters. The van der Waals surface area contributed by atoms with Crippen LogP contribution in [0.4, 0.5) is 4.39 Å². The highest BCUT2D eigenvalue weighted by Gasteiger charge is 2.40. The minimum Gasteiger partial charge on any atom is -0.375 e. The van der Waals surface area contributed by atoms with Crippen LogP contribution in [-0.4, -0.2) is 36.4 Å². The summed E-state index contributed by atoms with van der Waals surface area (Å²) in [5.74, 6) is -0.650. The van der Waals surface area contributed by atoms with Crippen LogP contribution in [0.2, 0.25) is 0 Å². The third kappa shape index (κ3) is 3.52. The van der Waals surface area contributed by atoms with Crippen molar-refractivity contribution < 1.29 is 18.7 Å². The number of hydrogen-bond acceptors (Lipinski definition) is 3. The number of carbonyl (C=O) groups is 2. The smallest absolute Gasteiger partial charge is 0.247 e. The highest BCUT2D eigenvalue weighted by molar-refractivity contribution is 5.85.